The number of anilines is 2. The molecule has 0 aromatic heterocycles. The molecule has 0 heterocycles. The molecule has 0 fully saturated rings. The lowest BCUT2D eigenvalue weighted by Gasteiger charge is -2.11. The average molecular weight is 305 g/mol. The first kappa shape index (κ1) is 16.1. The first-order valence-electron chi connectivity index (χ1n) is 6.16. The summed E-state index contributed by atoms with van der Waals surface area (Å²) in [4.78, 5) is 11.7. The predicted molar refractivity (Wildman–Crippen MR) is 79.8 cm³/mol. The molecule has 0 aliphatic heterocycles. The zero-order valence-corrected chi connectivity index (χ0v) is 12.4. The Morgan fingerprint density at radius 1 is 1.37 bits per heavy atom. The van der Waals surface area contributed by atoms with Crippen molar-refractivity contribution in [2.24, 2.45) is 0 Å². The van der Waals surface area contributed by atoms with Crippen LogP contribution in [0.3, 0.4) is 0 Å². The molecule has 0 saturated carbocycles. The molecule has 106 valence electrons. The van der Waals surface area contributed by atoms with Crippen molar-refractivity contribution in [1.29, 1.82) is 0 Å². The number of nitrogens with one attached hydrogen (secondary N) is 1. The van der Waals surface area contributed by atoms with E-state index in [2.05, 4.69) is 12.2 Å². The van der Waals surface area contributed by atoms with Gasteiger partial charge in [-0.05, 0) is 18.6 Å². The number of ether oxygens (including phenoxy) is 1. The molecule has 0 aliphatic carbocycles. The third kappa shape index (κ3) is 5.68. The zero-order valence-electron chi connectivity index (χ0n) is 10.8. The molecule has 1 aromatic carbocycles. The lowest BCUT2D eigenvalue weighted by atomic mass is 10.2. The normalized spacial score (nSPS) is 10.5. The van der Waals surface area contributed by atoms with Gasteiger partial charge in [0.05, 0.1) is 16.4 Å². The fourth-order valence-corrected chi connectivity index (χ4v) is 2.08. The summed E-state index contributed by atoms with van der Waals surface area (Å²) in [5.74, 6) is -0.285. The average Bonchev–Trinajstić information content (AvgIpc) is 2.33. The van der Waals surface area contributed by atoms with Crippen molar-refractivity contribution in [3.63, 3.8) is 0 Å². The molecule has 0 aliphatic rings. The van der Waals surface area contributed by atoms with E-state index in [0.29, 0.717) is 28.0 Å². The second-order valence-electron chi connectivity index (χ2n) is 4.16. The van der Waals surface area contributed by atoms with Crippen molar-refractivity contribution >= 4 is 40.5 Å². The predicted octanol–water partition coefficient (Wildman–Crippen LogP) is 3.72. The molecule has 0 unspecified atom stereocenters. The van der Waals surface area contributed by atoms with E-state index < -0.39 is 0 Å². The number of nitrogens with two attached hydrogens (primary N) is 1. The number of carbonyl (C=O) groups is 1. The first-order chi connectivity index (χ1) is 9.04. The molecule has 4 nitrogen and oxygen atoms in total. The van der Waals surface area contributed by atoms with E-state index in [1.165, 1.54) is 12.1 Å². The standard InChI is InChI=1S/C13H18Cl2N2O2/c1-2-3-4-5-19-8-12(18)17-13-10(15)6-9(14)7-11(13)16/h6-7H,2-5,8,16H2,1H3,(H,17,18). The quantitative estimate of drug-likeness (QED) is 0.596. The Kier molecular flexibility index (Phi) is 6.99. The van der Waals surface area contributed by atoms with Crippen LogP contribution in [0.1, 0.15) is 26.2 Å². The van der Waals surface area contributed by atoms with Gasteiger partial charge in [0.25, 0.3) is 0 Å². The summed E-state index contributed by atoms with van der Waals surface area (Å²) in [6.07, 6.45) is 3.16. The van der Waals surface area contributed by atoms with Crippen LogP contribution in [-0.2, 0) is 9.53 Å². The molecular weight excluding hydrogens is 287 g/mol. The van der Waals surface area contributed by atoms with Crippen LogP contribution in [0.25, 0.3) is 0 Å². The Hall–Kier alpha value is -0.970. The topological polar surface area (TPSA) is 64.3 Å². The van der Waals surface area contributed by atoms with Crippen LogP contribution < -0.4 is 11.1 Å². The van der Waals surface area contributed by atoms with Crippen molar-refractivity contribution in [1.82, 2.24) is 0 Å². The monoisotopic (exact) mass is 304 g/mol. The molecule has 0 saturated heterocycles. The number of nitrogen functional groups attached to an aromatic ring is 1. The van der Waals surface area contributed by atoms with E-state index in [9.17, 15) is 4.79 Å². The second kappa shape index (κ2) is 8.25. The van der Waals surface area contributed by atoms with Gasteiger partial charge < -0.3 is 15.8 Å². The van der Waals surface area contributed by atoms with Crippen LogP contribution in [0.5, 0.6) is 0 Å². The lowest BCUT2D eigenvalue weighted by molar-refractivity contribution is -0.120. The third-order valence-corrected chi connectivity index (χ3v) is 2.99. The van der Waals surface area contributed by atoms with Crippen molar-refractivity contribution in [2.45, 2.75) is 26.2 Å². The van der Waals surface area contributed by atoms with Gasteiger partial charge in [-0.15, -0.1) is 0 Å². The van der Waals surface area contributed by atoms with Crippen LogP contribution in [0.2, 0.25) is 10.0 Å². The summed E-state index contributed by atoms with van der Waals surface area (Å²) in [5, 5.41) is 3.35. The van der Waals surface area contributed by atoms with Gasteiger partial charge in [0.2, 0.25) is 5.91 Å². The maximum atomic E-state index is 11.7. The molecule has 0 spiro atoms. The molecular formula is C13H18Cl2N2O2. The Morgan fingerprint density at radius 2 is 2.11 bits per heavy atom. The van der Waals surface area contributed by atoms with Crippen LogP contribution in [0.4, 0.5) is 11.4 Å². The van der Waals surface area contributed by atoms with Crippen molar-refractivity contribution in [3.05, 3.63) is 22.2 Å². The minimum absolute atomic E-state index is 0.0118. The molecule has 3 N–H and O–H groups in total. The Labute approximate surface area is 123 Å². The van der Waals surface area contributed by atoms with Gasteiger partial charge in [-0.1, -0.05) is 43.0 Å². The largest absolute Gasteiger partial charge is 0.397 e. The summed E-state index contributed by atoms with van der Waals surface area (Å²) in [7, 11) is 0. The molecule has 0 radical (unpaired) electrons. The summed E-state index contributed by atoms with van der Waals surface area (Å²) in [5.41, 5.74) is 6.44. The number of hydrogen-bond donors (Lipinski definition) is 2. The summed E-state index contributed by atoms with van der Waals surface area (Å²) >= 11 is 11.8. The second-order valence-corrected chi connectivity index (χ2v) is 5.00. The number of rotatable bonds is 7. The maximum absolute atomic E-state index is 11.7. The lowest BCUT2D eigenvalue weighted by Crippen LogP contribution is -2.19. The van der Waals surface area contributed by atoms with Crippen LogP contribution >= 0.6 is 23.2 Å². The molecule has 19 heavy (non-hydrogen) atoms. The van der Waals surface area contributed by atoms with E-state index in [4.69, 9.17) is 33.7 Å². The van der Waals surface area contributed by atoms with E-state index in [0.717, 1.165) is 19.3 Å². The van der Waals surface area contributed by atoms with Crippen molar-refractivity contribution in [3.8, 4) is 0 Å². The summed E-state index contributed by atoms with van der Waals surface area (Å²) < 4.78 is 5.25. The molecule has 6 heteroatoms. The van der Waals surface area contributed by atoms with Gasteiger partial charge >= 0.3 is 0 Å². The minimum Gasteiger partial charge on any atom is -0.397 e. The highest BCUT2D eigenvalue weighted by Gasteiger charge is 2.10. The maximum Gasteiger partial charge on any atom is 0.250 e. The highest BCUT2D eigenvalue weighted by Crippen LogP contribution is 2.31. The van der Waals surface area contributed by atoms with Gasteiger partial charge in [-0.2, -0.15) is 0 Å². The molecule has 0 atom stereocenters. The first-order valence-corrected chi connectivity index (χ1v) is 6.92. The van der Waals surface area contributed by atoms with E-state index >= 15 is 0 Å². The van der Waals surface area contributed by atoms with Crippen LogP contribution in [0, 0.1) is 0 Å². The number of carbonyl (C=O) groups excluding carboxylic acids is 1. The number of hydrogen-bond acceptors (Lipinski definition) is 3. The highest BCUT2D eigenvalue weighted by molar-refractivity contribution is 6.37. The zero-order chi connectivity index (χ0) is 14.3. The molecule has 1 rings (SSSR count). The fourth-order valence-electron chi connectivity index (χ4n) is 1.52. The number of benzene rings is 1. The minimum atomic E-state index is -0.285. The number of unbranched alkanes of at least 4 members (excludes halogenated alkanes) is 2. The van der Waals surface area contributed by atoms with Gasteiger partial charge in [-0.3, -0.25) is 4.79 Å². The van der Waals surface area contributed by atoms with E-state index in [1.54, 1.807) is 0 Å². The number of amides is 1. The summed E-state index contributed by atoms with van der Waals surface area (Å²) in [6, 6.07) is 3.06. The number of halogens is 2. The van der Waals surface area contributed by atoms with E-state index in [-0.39, 0.29) is 12.5 Å². The van der Waals surface area contributed by atoms with E-state index in [1.807, 2.05) is 0 Å². The summed E-state index contributed by atoms with van der Waals surface area (Å²) in [6.45, 7) is 2.67. The Bertz CT molecular complexity index is 416. The van der Waals surface area contributed by atoms with Crippen LogP contribution in [0.15, 0.2) is 12.1 Å². The van der Waals surface area contributed by atoms with Crippen molar-refractivity contribution < 1.29 is 9.53 Å². The van der Waals surface area contributed by atoms with Gasteiger partial charge in [0.15, 0.2) is 0 Å². The smallest absolute Gasteiger partial charge is 0.250 e. The molecule has 0 bridgehead atoms. The highest BCUT2D eigenvalue weighted by atomic mass is 35.5. The van der Waals surface area contributed by atoms with Gasteiger partial charge in [0.1, 0.15) is 6.61 Å². The third-order valence-electron chi connectivity index (χ3n) is 2.48. The van der Waals surface area contributed by atoms with Gasteiger partial charge in [0, 0.05) is 11.6 Å². The SMILES string of the molecule is CCCCCOCC(=O)Nc1c(N)cc(Cl)cc1Cl. The van der Waals surface area contributed by atoms with Gasteiger partial charge in [-0.25, -0.2) is 0 Å². The fraction of sp³-hybridized carbons (Fsp3) is 0.462. The Morgan fingerprint density at radius 3 is 2.74 bits per heavy atom. The van der Waals surface area contributed by atoms with Crippen LogP contribution in [-0.4, -0.2) is 19.1 Å². The molecule has 1 aromatic rings. The Balaban J connectivity index is 2.44. The molecule has 1 amide bonds. The van der Waals surface area contributed by atoms with Crippen molar-refractivity contribution in [2.75, 3.05) is 24.3 Å².